The first kappa shape index (κ1) is 10.9. The number of Topliss-reactive ketones (excluding diaryl/α,β-unsaturated/α-hetero) is 1. The molecule has 3 nitrogen and oxygen atoms in total. The number of hydrogen-bond donors (Lipinski definition) is 1. The van der Waals surface area contributed by atoms with Gasteiger partial charge in [0.2, 0.25) is 0 Å². The maximum atomic E-state index is 11.4. The summed E-state index contributed by atoms with van der Waals surface area (Å²) in [5, 5.41) is 0. The van der Waals surface area contributed by atoms with E-state index >= 15 is 0 Å². The van der Waals surface area contributed by atoms with Gasteiger partial charge in [-0.15, -0.1) is 11.6 Å². The van der Waals surface area contributed by atoms with Gasteiger partial charge in [0.1, 0.15) is 5.75 Å². The average molecular weight is 214 g/mol. The highest BCUT2D eigenvalue weighted by atomic mass is 35.5. The molecular formula is C10H12ClNO2. The van der Waals surface area contributed by atoms with Crippen molar-refractivity contribution in [3.63, 3.8) is 0 Å². The summed E-state index contributed by atoms with van der Waals surface area (Å²) in [6.45, 7) is 1.85. The second-order valence-electron chi connectivity index (χ2n) is 2.97. The minimum absolute atomic E-state index is 0.0706. The zero-order valence-corrected chi connectivity index (χ0v) is 8.89. The highest BCUT2D eigenvalue weighted by molar-refractivity contribution is 6.30. The highest BCUT2D eigenvalue weighted by Gasteiger charge is 2.12. The minimum Gasteiger partial charge on any atom is -0.496 e. The third-order valence-electron chi connectivity index (χ3n) is 2.01. The smallest absolute Gasteiger partial charge is 0.181 e. The molecule has 0 atom stereocenters. The molecule has 0 aliphatic rings. The van der Waals surface area contributed by atoms with Crippen LogP contribution in [0.15, 0.2) is 12.1 Å². The van der Waals surface area contributed by atoms with Gasteiger partial charge in [-0.25, -0.2) is 0 Å². The molecule has 0 saturated heterocycles. The van der Waals surface area contributed by atoms with Crippen LogP contribution in [0.3, 0.4) is 0 Å². The van der Waals surface area contributed by atoms with Crippen LogP contribution in [0.1, 0.15) is 15.9 Å². The summed E-state index contributed by atoms with van der Waals surface area (Å²) >= 11 is 5.46. The van der Waals surface area contributed by atoms with Crippen molar-refractivity contribution in [3.05, 3.63) is 23.3 Å². The third kappa shape index (κ3) is 1.99. The summed E-state index contributed by atoms with van der Waals surface area (Å²) in [5.41, 5.74) is 7.57. The van der Waals surface area contributed by atoms with E-state index in [-0.39, 0.29) is 11.7 Å². The summed E-state index contributed by atoms with van der Waals surface area (Å²) in [7, 11) is 1.51. The molecule has 0 aromatic heterocycles. The van der Waals surface area contributed by atoms with Gasteiger partial charge in [-0.1, -0.05) is 0 Å². The number of carbonyl (C=O) groups excluding carboxylic acids is 1. The maximum Gasteiger partial charge on any atom is 0.181 e. The molecule has 2 N–H and O–H groups in total. The van der Waals surface area contributed by atoms with Crippen LogP contribution in [0.5, 0.6) is 5.75 Å². The van der Waals surface area contributed by atoms with Crippen molar-refractivity contribution in [1.29, 1.82) is 0 Å². The van der Waals surface area contributed by atoms with Crippen LogP contribution in [0.25, 0.3) is 0 Å². The van der Waals surface area contributed by atoms with Crippen molar-refractivity contribution in [1.82, 2.24) is 0 Å². The molecule has 0 aliphatic heterocycles. The normalized spacial score (nSPS) is 9.93. The predicted octanol–water partition coefficient (Wildman–Crippen LogP) is 2.01. The van der Waals surface area contributed by atoms with E-state index in [2.05, 4.69) is 0 Å². The van der Waals surface area contributed by atoms with Crippen LogP contribution in [-0.4, -0.2) is 18.8 Å². The molecule has 1 aromatic carbocycles. The van der Waals surface area contributed by atoms with Crippen LogP contribution in [-0.2, 0) is 0 Å². The van der Waals surface area contributed by atoms with E-state index in [0.717, 1.165) is 5.56 Å². The molecule has 14 heavy (non-hydrogen) atoms. The number of nitrogen functional groups attached to an aromatic ring is 1. The van der Waals surface area contributed by atoms with E-state index in [1.54, 1.807) is 12.1 Å². The number of alkyl halides is 1. The van der Waals surface area contributed by atoms with Gasteiger partial charge in [-0.05, 0) is 24.6 Å². The van der Waals surface area contributed by atoms with Gasteiger partial charge >= 0.3 is 0 Å². The average Bonchev–Trinajstić information content (AvgIpc) is 2.20. The Labute approximate surface area is 87.8 Å². The molecule has 0 bridgehead atoms. The Hall–Kier alpha value is -1.22. The first-order chi connectivity index (χ1) is 6.60. The second-order valence-corrected chi connectivity index (χ2v) is 3.23. The Morgan fingerprint density at radius 2 is 2.21 bits per heavy atom. The van der Waals surface area contributed by atoms with E-state index in [9.17, 15) is 4.79 Å². The standard InChI is InChI=1S/C10H12ClNO2/c1-6-3-10(14-2)7(4-8(6)12)9(13)5-11/h3-4H,5,12H2,1-2H3. The van der Waals surface area contributed by atoms with Crippen LogP contribution in [0.4, 0.5) is 5.69 Å². The Balaban J connectivity index is 3.27. The number of ether oxygens (including phenoxy) is 1. The van der Waals surface area contributed by atoms with Gasteiger partial charge in [-0.2, -0.15) is 0 Å². The molecule has 0 amide bonds. The number of methoxy groups -OCH3 is 1. The van der Waals surface area contributed by atoms with Gasteiger partial charge in [0, 0.05) is 5.69 Å². The minimum atomic E-state index is -0.185. The third-order valence-corrected chi connectivity index (χ3v) is 2.25. The highest BCUT2D eigenvalue weighted by Crippen LogP contribution is 2.25. The summed E-state index contributed by atoms with van der Waals surface area (Å²) in [6, 6.07) is 3.33. The van der Waals surface area contributed by atoms with Gasteiger partial charge in [0.25, 0.3) is 0 Å². The summed E-state index contributed by atoms with van der Waals surface area (Å²) in [5.74, 6) is 0.261. The number of rotatable bonds is 3. The van der Waals surface area contributed by atoms with E-state index < -0.39 is 0 Å². The Morgan fingerprint density at radius 1 is 1.57 bits per heavy atom. The van der Waals surface area contributed by atoms with Crippen molar-refractivity contribution in [3.8, 4) is 5.75 Å². The monoisotopic (exact) mass is 213 g/mol. The summed E-state index contributed by atoms with van der Waals surface area (Å²) in [4.78, 5) is 11.4. The van der Waals surface area contributed by atoms with Gasteiger partial charge in [0.05, 0.1) is 18.6 Å². The quantitative estimate of drug-likeness (QED) is 0.475. The van der Waals surface area contributed by atoms with Crippen molar-refractivity contribution in [2.24, 2.45) is 0 Å². The van der Waals surface area contributed by atoms with E-state index in [1.165, 1.54) is 7.11 Å². The zero-order chi connectivity index (χ0) is 10.7. The van der Waals surface area contributed by atoms with Crippen molar-refractivity contribution < 1.29 is 9.53 Å². The van der Waals surface area contributed by atoms with Crippen molar-refractivity contribution in [2.45, 2.75) is 6.92 Å². The lowest BCUT2D eigenvalue weighted by molar-refractivity contribution is 0.101. The molecule has 0 aliphatic carbocycles. The van der Waals surface area contributed by atoms with Crippen molar-refractivity contribution >= 4 is 23.1 Å². The fourth-order valence-electron chi connectivity index (χ4n) is 1.16. The molecule has 0 heterocycles. The Morgan fingerprint density at radius 3 is 2.71 bits per heavy atom. The fourth-order valence-corrected chi connectivity index (χ4v) is 1.30. The lowest BCUT2D eigenvalue weighted by atomic mass is 10.1. The number of anilines is 1. The Kier molecular flexibility index (Phi) is 3.36. The van der Waals surface area contributed by atoms with Gasteiger partial charge in [-0.3, -0.25) is 4.79 Å². The van der Waals surface area contributed by atoms with Crippen LogP contribution in [0.2, 0.25) is 0 Å². The summed E-state index contributed by atoms with van der Waals surface area (Å²) < 4.78 is 5.07. The molecule has 0 fully saturated rings. The predicted molar refractivity (Wildman–Crippen MR) is 57.2 cm³/mol. The number of carbonyl (C=O) groups is 1. The molecule has 1 rings (SSSR count). The maximum absolute atomic E-state index is 11.4. The van der Waals surface area contributed by atoms with Gasteiger partial charge in [0.15, 0.2) is 5.78 Å². The molecule has 4 heteroatoms. The van der Waals surface area contributed by atoms with E-state index in [0.29, 0.717) is 17.0 Å². The molecule has 0 unspecified atom stereocenters. The SMILES string of the molecule is COc1cc(C)c(N)cc1C(=O)CCl. The lowest BCUT2D eigenvalue weighted by Gasteiger charge is -2.09. The molecule has 0 spiro atoms. The number of aryl methyl sites for hydroxylation is 1. The fraction of sp³-hybridized carbons (Fsp3) is 0.300. The van der Waals surface area contributed by atoms with Crippen LogP contribution >= 0.6 is 11.6 Å². The largest absolute Gasteiger partial charge is 0.496 e. The lowest BCUT2D eigenvalue weighted by Crippen LogP contribution is -2.05. The Bertz CT molecular complexity index is 363. The van der Waals surface area contributed by atoms with E-state index in [4.69, 9.17) is 22.1 Å². The number of halogens is 1. The zero-order valence-electron chi connectivity index (χ0n) is 8.13. The van der Waals surface area contributed by atoms with Crippen LogP contribution in [0, 0.1) is 6.92 Å². The number of ketones is 1. The summed E-state index contributed by atoms with van der Waals surface area (Å²) in [6.07, 6.45) is 0. The number of benzene rings is 1. The van der Waals surface area contributed by atoms with Gasteiger partial charge < -0.3 is 10.5 Å². The topological polar surface area (TPSA) is 52.3 Å². The molecule has 76 valence electrons. The molecule has 0 saturated carbocycles. The first-order valence-corrected chi connectivity index (χ1v) is 4.67. The second kappa shape index (κ2) is 4.33. The van der Waals surface area contributed by atoms with E-state index in [1.807, 2.05) is 6.92 Å². The molecule has 0 radical (unpaired) electrons. The first-order valence-electron chi connectivity index (χ1n) is 4.13. The number of nitrogens with two attached hydrogens (primary N) is 1. The van der Waals surface area contributed by atoms with Crippen molar-refractivity contribution in [2.75, 3.05) is 18.7 Å². The molecular weight excluding hydrogens is 202 g/mol. The number of hydrogen-bond acceptors (Lipinski definition) is 3. The molecule has 1 aromatic rings. The van der Waals surface area contributed by atoms with Crippen LogP contribution < -0.4 is 10.5 Å².